The van der Waals surface area contributed by atoms with E-state index in [1.807, 2.05) is 0 Å². The second kappa shape index (κ2) is 7.09. The van der Waals surface area contributed by atoms with Gasteiger partial charge in [0.1, 0.15) is 5.82 Å². The maximum atomic E-state index is 13.0. The summed E-state index contributed by atoms with van der Waals surface area (Å²) in [6.45, 7) is 0. The Morgan fingerprint density at radius 3 is 2.54 bits per heavy atom. The van der Waals surface area contributed by atoms with E-state index in [1.54, 1.807) is 48.8 Å². The molecule has 0 spiro atoms. The number of fused-ring (bicyclic) bond motifs is 1. The minimum absolute atomic E-state index is 0.266. The lowest BCUT2D eigenvalue weighted by molar-refractivity contribution is -0.137. The molecule has 0 amide bonds. The third kappa shape index (κ3) is 3.75. The summed E-state index contributed by atoms with van der Waals surface area (Å²) in [5, 5.41) is 4.10. The molecule has 8 heteroatoms. The van der Waals surface area contributed by atoms with Gasteiger partial charge in [-0.3, -0.25) is 4.98 Å². The number of benzene rings is 2. The molecule has 0 unspecified atom stereocenters. The molecule has 2 heterocycles. The zero-order valence-corrected chi connectivity index (χ0v) is 15.0. The molecule has 4 rings (SSSR count). The Bertz CT molecular complexity index is 1150. The van der Waals surface area contributed by atoms with Crippen molar-refractivity contribution < 1.29 is 13.2 Å². The van der Waals surface area contributed by atoms with Gasteiger partial charge in [0.2, 0.25) is 0 Å². The van der Waals surface area contributed by atoms with Gasteiger partial charge in [-0.05, 0) is 48.5 Å². The minimum Gasteiger partial charge on any atom is -0.340 e. The summed E-state index contributed by atoms with van der Waals surface area (Å²) in [6, 6.07) is 13.6. The summed E-state index contributed by atoms with van der Waals surface area (Å²) >= 11 is 6.08. The van der Waals surface area contributed by atoms with Crippen molar-refractivity contribution >= 4 is 34.0 Å². The second-order valence-electron chi connectivity index (χ2n) is 6.00. The Balaban J connectivity index is 1.84. The van der Waals surface area contributed by atoms with Crippen LogP contribution in [0.15, 0.2) is 67.0 Å². The van der Waals surface area contributed by atoms with E-state index < -0.39 is 11.7 Å². The topological polar surface area (TPSA) is 50.7 Å². The number of anilines is 2. The van der Waals surface area contributed by atoms with Crippen molar-refractivity contribution in [2.24, 2.45) is 0 Å². The van der Waals surface area contributed by atoms with Crippen LogP contribution in [0.2, 0.25) is 5.02 Å². The maximum absolute atomic E-state index is 13.0. The second-order valence-corrected chi connectivity index (χ2v) is 6.44. The van der Waals surface area contributed by atoms with E-state index in [2.05, 4.69) is 20.3 Å². The van der Waals surface area contributed by atoms with Crippen molar-refractivity contribution in [2.75, 3.05) is 5.32 Å². The Labute approximate surface area is 163 Å². The molecule has 0 fully saturated rings. The van der Waals surface area contributed by atoms with E-state index in [-0.39, 0.29) is 5.69 Å². The monoisotopic (exact) mass is 400 g/mol. The van der Waals surface area contributed by atoms with E-state index >= 15 is 0 Å². The molecule has 0 bridgehead atoms. The fraction of sp³-hybridized carbons (Fsp3) is 0.0500. The first-order valence-corrected chi connectivity index (χ1v) is 8.60. The SMILES string of the molecule is FC(F)(F)c1cccc(Nc2nc(-c3cccnc3)nc3cc(Cl)ccc23)c1. The van der Waals surface area contributed by atoms with Crippen LogP contribution in [0.1, 0.15) is 5.56 Å². The van der Waals surface area contributed by atoms with Crippen LogP contribution in [-0.4, -0.2) is 15.0 Å². The van der Waals surface area contributed by atoms with Crippen molar-refractivity contribution in [3.8, 4) is 11.4 Å². The van der Waals surface area contributed by atoms with Gasteiger partial charge in [0.15, 0.2) is 5.82 Å². The standard InChI is InChI=1S/C20H12ClF3N4/c21-14-6-7-16-17(10-14)27-18(12-3-2-8-25-11-12)28-19(16)26-15-5-1-4-13(9-15)20(22,23)24/h1-11H,(H,26,27,28). The van der Waals surface area contributed by atoms with Crippen LogP contribution in [0.5, 0.6) is 0 Å². The van der Waals surface area contributed by atoms with Gasteiger partial charge in [-0.2, -0.15) is 13.2 Å². The summed E-state index contributed by atoms with van der Waals surface area (Å²) in [5.41, 5.74) is 0.764. The van der Waals surface area contributed by atoms with E-state index in [0.717, 1.165) is 12.1 Å². The smallest absolute Gasteiger partial charge is 0.340 e. The minimum atomic E-state index is -4.43. The number of alkyl halides is 3. The number of pyridine rings is 1. The molecule has 140 valence electrons. The summed E-state index contributed by atoms with van der Waals surface area (Å²) in [6.07, 6.45) is -1.19. The molecule has 0 saturated carbocycles. The molecule has 0 atom stereocenters. The fourth-order valence-corrected chi connectivity index (χ4v) is 2.90. The molecule has 4 nitrogen and oxygen atoms in total. The molecule has 0 saturated heterocycles. The Morgan fingerprint density at radius 1 is 0.929 bits per heavy atom. The van der Waals surface area contributed by atoms with Crippen molar-refractivity contribution in [1.29, 1.82) is 0 Å². The van der Waals surface area contributed by atoms with Gasteiger partial charge in [0.25, 0.3) is 0 Å². The predicted octanol–water partition coefficient (Wildman–Crippen LogP) is 6.11. The Morgan fingerprint density at radius 2 is 1.79 bits per heavy atom. The average molecular weight is 401 g/mol. The molecular formula is C20H12ClF3N4. The molecule has 28 heavy (non-hydrogen) atoms. The van der Waals surface area contributed by atoms with Crippen molar-refractivity contribution in [1.82, 2.24) is 15.0 Å². The zero-order valence-electron chi connectivity index (χ0n) is 14.2. The number of rotatable bonds is 3. The highest BCUT2D eigenvalue weighted by atomic mass is 35.5. The number of hydrogen-bond donors (Lipinski definition) is 1. The van der Waals surface area contributed by atoms with Gasteiger partial charge in [0.05, 0.1) is 11.1 Å². The van der Waals surface area contributed by atoms with Crippen LogP contribution in [0.3, 0.4) is 0 Å². The quantitative estimate of drug-likeness (QED) is 0.451. The highest BCUT2D eigenvalue weighted by molar-refractivity contribution is 6.31. The summed E-state index contributed by atoms with van der Waals surface area (Å²) in [5.74, 6) is 0.761. The highest BCUT2D eigenvalue weighted by Crippen LogP contribution is 2.33. The van der Waals surface area contributed by atoms with Crippen LogP contribution in [0.4, 0.5) is 24.7 Å². The summed E-state index contributed by atoms with van der Waals surface area (Å²) < 4.78 is 39.0. The number of nitrogens with zero attached hydrogens (tertiary/aromatic N) is 3. The van der Waals surface area contributed by atoms with Crippen molar-refractivity contribution in [2.45, 2.75) is 6.18 Å². The highest BCUT2D eigenvalue weighted by Gasteiger charge is 2.30. The number of halogens is 4. The molecule has 2 aromatic carbocycles. The lowest BCUT2D eigenvalue weighted by atomic mass is 10.1. The molecule has 0 aliphatic carbocycles. The first kappa shape index (κ1) is 18.2. The summed E-state index contributed by atoms with van der Waals surface area (Å²) in [4.78, 5) is 13.1. The molecular weight excluding hydrogens is 389 g/mol. The Hall–Kier alpha value is -3.19. The zero-order chi connectivity index (χ0) is 19.7. The van der Waals surface area contributed by atoms with Crippen molar-refractivity contribution in [3.63, 3.8) is 0 Å². The maximum Gasteiger partial charge on any atom is 0.416 e. The van der Waals surface area contributed by atoms with E-state index in [1.165, 1.54) is 6.07 Å². The largest absolute Gasteiger partial charge is 0.416 e. The van der Waals surface area contributed by atoms with E-state index in [4.69, 9.17) is 11.6 Å². The molecule has 4 aromatic rings. The predicted molar refractivity (Wildman–Crippen MR) is 103 cm³/mol. The lowest BCUT2D eigenvalue weighted by Crippen LogP contribution is -2.06. The van der Waals surface area contributed by atoms with Crippen LogP contribution in [0.25, 0.3) is 22.3 Å². The van der Waals surface area contributed by atoms with Gasteiger partial charge >= 0.3 is 6.18 Å². The third-order valence-electron chi connectivity index (χ3n) is 4.03. The number of nitrogens with one attached hydrogen (secondary N) is 1. The van der Waals surface area contributed by atoms with Crippen LogP contribution < -0.4 is 5.32 Å². The van der Waals surface area contributed by atoms with Crippen molar-refractivity contribution in [3.05, 3.63) is 77.6 Å². The molecule has 0 aliphatic heterocycles. The third-order valence-corrected chi connectivity index (χ3v) is 4.27. The first-order chi connectivity index (χ1) is 13.4. The molecule has 2 aromatic heterocycles. The van der Waals surface area contributed by atoms with Gasteiger partial charge in [-0.25, -0.2) is 9.97 Å². The summed E-state index contributed by atoms with van der Waals surface area (Å²) in [7, 11) is 0. The Kier molecular flexibility index (Phi) is 4.60. The average Bonchev–Trinajstić information content (AvgIpc) is 2.68. The van der Waals surface area contributed by atoms with Crippen LogP contribution >= 0.6 is 11.6 Å². The molecule has 0 aliphatic rings. The lowest BCUT2D eigenvalue weighted by Gasteiger charge is -2.13. The molecule has 1 N–H and O–H groups in total. The van der Waals surface area contributed by atoms with Crippen LogP contribution in [0, 0.1) is 0 Å². The molecule has 0 radical (unpaired) electrons. The normalized spacial score (nSPS) is 11.6. The number of hydrogen-bond acceptors (Lipinski definition) is 4. The van der Waals surface area contributed by atoms with E-state index in [9.17, 15) is 13.2 Å². The number of aromatic nitrogens is 3. The van der Waals surface area contributed by atoms with Gasteiger partial charge in [0, 0.05) is 34.1 Å². The first-order valence-electron chi connectivity index (χ1n) is 8.22. The van der Waals surface area contributed by atoms with E-state index in [0.29, 0.717) is 33.1 Å². The van der Waals surface area contributed by atoms with Gasteiger partial charge < -0.3 is 5.32 Å². The van der Waals surface area contributed by atoms with Gasteiger partial charge in [-0.15, -0.1) is 0 Å². The van der Waals surface area contributed by atoms with Crippen LogP contribution in [-0.2, 0) is 6.18 Å². The fourth-order valence-electron chi connectivity index (χ4n) is 2.73. The van der Waals surface area contributed by atoms with Gasteiger partial charge in [-0.1, -0.05) is 17.7 Å².